The van der Waals surface area contributed by atoms with Crippen LogP contribution in [0.25, 0.3) is 0 Å². The maximum Gasteiger partial charge on any atom is 0.146 e. The van der Waals surface area contributed by atoms with Crippen LogP contribution in [0.4, 0.5) is 4.39 Å². The third kappa shape index (κ3) is 1.91. The van der Waals surface area contributed by atoms with Crippen molar-refractivity contribution in [3.05, 3.63) is 28.2 Å². The van der Waals surface area contributed by atoms with Gasteiger partial charge >= 0.3 is 0 Å². The van der Waals surface area contributed by atoms with Crippen LogP contribution in [0.3, 0.4) is 0 Å². The number of hydrogen-bond donors (Lipinski definition) is 2. The van der Waals surface area contributed by atoms with Crippen molar-refractivity contribution in [1.29, 1.82) is 0 Å². The highest BCUT2D eigenvalue weighted by Crippen LogP contribution is 2.44. The van der Waals surface area contributed by atoms with Gasteiger partial charge in [0.25, 0.3) is 0 Å². The molecule has 82 valence electrons. The number of hydrogen-bond acceptors (Lipinski definition) is 3. The molecule has 3 nitrogen and oxygen atoms in total. The van der Waals surface area contributed by atoms with Gasteiger partial charge in [0.05, 0.1) is 17.3 Å². The lowest BCUT2D eigenvalue weighted by molar-refractivity contribution is 0.225. The van der Waals surface area contributed by atoms with Crippen LogP contribution in [-0.2, 0) is 5.54 Å². The summed E-state index contributed by atoms with van der Waals surface area (Å²) in [6.45, 7) is 1.70. The molecular formula is C10H12BrFN2O. The number of halogens is 2. The molecule has 0 amide bonds. The highest BCUT2D eigenvalue weighted by molar-refractivity contribution is 9.10. The van der Waals surface area contributed by atoms with Crippen LogP contribution in [-0.4, -0.2) is 16.2 Å². The molecule has 0 aliphatic heterocycles. The van der Waals surface area contributed by atoms with E-state index in [0.29, 0.717) is 11.0 Å². The number of nitrogens with zero attached hydrogens (tertiary/aromatic N) is 1. The minimum atomic E-state index is -0.909. The second-order valence-corrected chi connectivity index (χ2v) is 4.97. The summed E-state index contributed by atoms with van der Waals surface area (Å²) < 4.78 is 14.1. The third-order valence-electron chi connectivity index (χ3n) is 2.85. The number of aliphatic hydroxyl groups is 1. The number of rotatable bonds is 2. The molecule has 0 spiro atoms. The van der Waals surface area contributed by atoms with E-state index < -0.39 is 17.5 Å². The molecular weight excluding hydrogens is 263 g/mol. The molecule has 0 aromatic carbocycles. The Bertz CT molecular complexity index is 397. The Morgan fingerprint density at radius 1 is 1.67 bits per heavy atom. The van der Waals surface area contributed by atoms with Crippen molar-refractivity contribution in [3.8, 4) is 0 Å². The Labute approximate surface area is 95.6 Å². The summed E-state index contributed by atoms with van der Waals surface area (Å²) in [7, 11) is 0. The molecule has 1 aromatic rings. The molecule has 0 radical (unpaired) electrons. The lowest BCUT2D eigenvalue weighted by Gasteiger charge is -2.24. The molecule has 0 bridgehead atoms. The van der Waals surface area contributed by atoms with Crippen molar-refractivity contribution < 1.29 is 9.50 Å². The van der Waals surface area contributed by atoms with E-state index >= 15 is 0 Å². The Hall–Kier alpha value is -0.520. The highest BCUT2D eigenvalue weighted by atomic mass is 79.9. The summed E-state index contributed by atoms with van der Waals surface area (Å²) >= 11 is 3.18. The summed E-state index contributed by atoms with van der Waals surface area (Å²) in [5, 5.41) is 9.34. The van der Waals surface area contributed by atoms with Gasteiger partial charge in [-0.05, 0) is 41.4 Å². The largest absolute Gasteiger partial charge is 0.393 e. The first kappa shape index (κ1) is 11.0. The molecule has 0 saturated heterocycles. The quantitative estimate of drug-likeness (QED) is 0.805. The Balaban J connectivity index is 2.39. The second kappa shape index (κ2) is 3.50. The van der Waals surface area contributed by atoms with E-state index in [1.54, 1.807) is 6.92 Å². The van der Waals surface area contributed by atoms with Crippen LogP contribution < -0.4 is 5.73 Å². The van der Waals surface area contributed by atoms with Crippen LogP contribution in [0.5, 0.6) is 0 Å². The molecule has 1 aromatic heterocycles. The molecule has 1 heterocycles. The molecule has 1 saturated carbocycles. The van der Waals surface area contributed by atoms with Crippen LogP contribution >= 0.6 is 15.9 Å². The molecule has 1 unspecified atom stereocenters. The monoisotopic (exact) mass is 274 g/mol. The first-order valence-corrected chi connectivity index (χ1v) is 5.51. The number of nitrogens with two attached hydrogens (primary N) is 1. The minimum Gasteiger partial charge on any atom is -0.393 e. The minimum absolute atomic E-state index is 0.103. The Morgan fingerprint density at radius 3 is 2.80 bits per heavy atom. The fraction of sp³-hybridized carbons (Fsp3) is 0.500. The maximum absolute atomic E-state index is 13.5. The summed E-state index contributed by atoms with van der Waals surface area (Å²) in [5.41, 5.74) is 5.32. The van der Waals surface area contributed by atoms with Gasteiger partial charge in [-0.2, -0.15) is 0 Å². The fourth-order valence-electron chi connectivity index (χ4n) is 1.80. The van der Waals surface area contributed by atoms with E-state index in [4.69, 9.17) is 5.73 Å². The van der Waals surface area contributed by atoms with E-state index in [0.717, 1.165) is 0 Å². The normalized spacial score (nSPS) is 28.6. The van der Waals surface area contributed by atoms with Crippen molar-refractivity contribution in [2.45, 2.75) is 25.0 Å². The molecule has 2 rings (SSSR count). The average Bonchev–Trinajstić information content (AvgIpc) is 2.87. The van der Waals surface area contributed by atoms with Gasteiger partial charge in [-0.3, -0.25) is 0 Å². The van der Waals surface area contributed by atoms with Gasteiger partial charge in [0.15, 0.2) is 0 Å². The molecule has 1 aliphatic rings. The maximum atomic E-state index is 13.5. The van der Waals surface area contributed by atoms with Gasteiger partial charge in [-0.1, -0.05) is 0 Å². The standard InChI is InChI=1S/C10H12BrFN2O/c1-10(13,5-4-7(5)15)9-6(12)2-3-8(11)14-9/h2-3,5,7,15H,4,13H2,1H3/t5-,7?,10-/m1/s1. The van der Waals surface area contributed by atoms with Gasteiger partial charge in [-0.25, -0.2) is 9.37 Å². The third-order valence-corrected chi connectivity index (χ3v) is 3.29. The Morgan fingerprint density at radius 2 is 2.27 bits per heavy atom. The van der Waals surface area contributed by atoms with Gasteiger partial charge in [0, 0.05) is 5.92 Å². The predicted octanol–water partition coefficient (Wildman–Crippen LogP) is 1.54. The molecule has 3 N–H and O–H groups in total. The van der Waals surface area contributed by atoms with Crippen molar-refractivity contribution in [3.63, 3.8) is 0 Å². The first-order chi connectivity index (χ1) is 6.93. The summed E-state index contributed by atoms with van der Waals surface area (Å²) in [4.78, 5) is 4.05. The second-order valence-electron chi connectivity index (χ2n) is 4.16. The van der Waals surface area contributed by atoms with E-state index in [-0.39, 0.29) is 11.6 Å². The topological polar surface area (TPSA) is 59.1 Å². The van der Waals surface area contributed by atoms with E-state index in [9.17, 15) is 9.50 Å². The van der Waals surface area contributed by atoms with Gasteiger partial charge < -0.3 is 10.8 Å². The SMILES string of the molecule is C[C@](N)(c1nc(Br)ccc1F)[C@@H]1CC1O. The lowest BCUT2D eigenvalue weighted by Crippen LogP contribution is -2.38. The van der Waals surface area contributed by atoms with Crippen molar-refractivity contribution >= 4 is 15.9 Å². The van der Waals surface area contributed by atoms with Gasteiger partial charge in [0.1, 0.15) is 10.4 Å². The Kier molecular flexibility index (Phi) is 2.56. The predicted molar refractivity (Wildman–Crippen MR) is 57.5 cm³/mol. The van der Waals surface area contributed by atoms with E-state index in [2.05, 4.69) is 20.9 Å². The highest BCUT2D eigenvalue weighted by Gasteiger charge is 2.50. The van der Waals surface area contributed by atoms with Gasteiger partial charge in [0.2, 0.25) is 0 Å². The molecule has 15 heavy (non-hydrogen) atoms. The van der Waals surface area contributed by atoms with Crippen molar-refractivity contribution in [2.75, 3.05) is 0 Å². The smallest absolute Gasteiger partial charge is 0.146 e. The molecule has 1 aliphatic carbocycles. The summed E-state index contributed by atoms with van der Waals surface area (Å²) in [5.74, 6) is -0.531. The van der Waals surface area contributed by atoms with Gasteiger partial charge in [-0.15, -0.1) is 0 Å². The number of aromatic nitrogens is 1. The zero-order valence-electron chi connectivity index (χ0n) is 8.24. The average molecular weight is 275 g/mol. The number of aliphatic hydroxyl groups excluding tert-OH is 1. The van der Waals surface area contributed by atoms with Crippen LogP contribution in [0.15, 0.2) is 16.7 Å². The zero-order valence-corrected chi connectivity index (χ0v) is 9.83. The van der Waals surface area contributed by atoms with Crippen molar-refractivity contribution in [1.82, 2.24) is 4.98 Å². The van der Waals surface area contributed by atoms with Crippen LogP contribution in [0.2, 0.25) is 0 Å². The summed E-state index contributed by atoms with van der Waals surface area (Å²) in [6.07, 6.45) is 0.181. The zero-order chi connectivity index (χ0) is 11.2. The molecule has 1 fully saturated rings. The fourth-order valence-corrected chi connectivity index (χ4v) is 2.11. The van der Waals surface area contributed by atoms with E-state index in [1.165, 1.54) is 12.1 Å². The van der Waals surface area contributed by atoms with Crippen LogP contribution in [0.1, 0.15) is 19.0 Å². The van der Waals surface area contributed by atoms with E-state index in [1.807, 2.05) is 0 Å². The lowest BCUT2D eigenvalue weighted by atomic mass is 9.92. The van der Waals surface area contributed by atoms with Crippen LogP contribution in [0, 0.1) is 11.7 Å². The first-order valence-electron chi connectivity index (χ1n) is 4.72. The van der Waals surface area contributed by atoms with Crippen molar-refractivity contribution in [2.24, 2.45) is 11.7 Å². The number of pyridine rings is 1. The summed E-state index contributed by atoms with van der Waals surface area (Å²) in [6, 6.07) is 2.85. The molecule has 3 atom stereocenters. The molecule has 5 heteroatoms.